The van der Waals surface area contributed by atoms with E-state index in [0.717, 1.165) is 10.7 Å². The van der Waals surface area contributed by atoms with Gasteiger partial charge in [0, 0.05) is 26.8 Å². The molecule has 1 heterocycles. The zero-order valence-corrected chi connectivity index (χ0v) is 13.2. The number of carboxylic acid groups (broad SMARTS) is 1. The number of hydrogen-bond donors (Lipinski definition) is 2. The van der Waals surface area contributed by atoms with Crippen LogP contribution < -0.4 is 5.32 Å². The number of carboxylic acids is 1. The summed E-state index contributed by atoms with van der Waals surface area (Å²) in [5.41, 5.74) is 0. The van der Waals surface area contributed by atoms with Gasteiger partial charge in [-0.25, -0.2) is 17.7 Å². The monoisotopic (exact) mass is 315 g/mol. The number of hydrogen-bond acceptors (Lipinski definition) is 5. The van der Waals surface area contributed by atoms with Gasteiger partial charge in [0.05, 0.1) is 5.92 Å². The molecule has 0 amide bonds. The summed E-state index contributed by atoms with van der Waals surface area (Å²) in [6, 6.07) is 2.97. The molecular formula is C13H21N3O4S. The van der Waals surface area contributed by atoms with Crippen LogP contribution in [0, 0.1) is 5.92 Å². The highest BCUT2D eigenvalue weighted by Gasteiger charge is 2.18. The van der Waals surface area contributed by atoms with Gasteiger partial charge in [0.25, 0.3) is 0 Å². The zero-order chi connectivity index (χ0) is 16.0. The van der Waals surface area contributed by atoms with E-state index in [2.05, 4.69) is 10.3 Å². The molecule has 0 radical (unpaired) electrons. The Morgan fingerprint density at radius 3 is 2.52 bits per heavy atom. The van der Waals surface area contributed by atoms with Crippen LogP contribution in [0.2, 0.25) is 0 Å². The Bertz CT molecular complexity index is 570. The first-order valence-corrected chi connectivity index (χ1v) is 8.08. The van der Waals surface area contributed by atoms with Gasteiger partial charge >= 0.3 is 5.97 Å². The molecule has 8 heteroatoms. The van der Waals surface area contributed by atoms with E-state index in [4.69, 9.17) is 5.11 Å². The molecule has 2 N–H and O–H groups in total. The van der Waals surface area contributed by atoms with E-state index in [1.165, 1.54) is 32.4 Å². The van der Waals surface area contributed by atoms with E-state index in [0.29, 0.717) is 12.2 Å². The summed E-state index contributed by atoms with van der Waals surface area (Å²) in [5.74, 6) is -0.881. The summed E-state index contributed by atoms with van der Waals surface area (Å²) in [5, 5.41) is 12.0. The molecule has 0 aliphatic heterocycles. The van der Waals surface area contributed by atoms with Crippen molar-refractivity contribution in [2.75, 3.05) is 26.0 Å². The Kier molecular flexibility index (Phi) is 6.10. The summed E-state index contributed by atoms with van der Waals surface area (Å²) >= 11 is 0. The second-order valence-electron chi connectivity index (χ2n) is 4.87. The molecule has 0 fully saturated rings. The number of rotatable bonds is 8. The summed E-state index contributed by atoms with van der Waals surface area (Å²) in [7, 11) is -0.602. The minimum absolute atomic E-state index is 0.0985. The highest BCUT2D eigenvalue weighted by molar-refractivity contribution is 7.89. The lowest BCUT2D eigenvalue weighted by atomic mass is 10.0. The third kappa shape index (κ3) is 4.68. The largest absolute Gasteiger partial charge is 0.481 e. The van der Waals surface area contributed by atoms with Crippen LogP contribution in [-0.4, -0.2) is 49.4 Å². The molecule has 1 aromatic rings. The van der Waals surface area contributed by atoms with Crippen molar-refractivity contribution in [1.82, 2.24) is 9.29 Å². The zero-order valence-electron chi connectivity index (χ0n) is 12.4. The Balaban J connectivity index is 2.73. The van der Waals surface area contributed by atoms with Crippen LogP contribution in [0.1, 0.15) is 19.8 Å². The normalized spacial score (nSPS) is 13.1. The molecule has 118 valence electrons. The summed E-state index contributed by atoms with van der Waals surface area (Å²) in [4.78, 5) is 15.1. The fourth-order valence-corrected chi connectivity index (χ4v) is 2.58. The van der Waals surface area contributed by atoms with Gasteiger partial charge in [-0.05, 0) is 18.6 Å². The Morgan fingerprint density at radius 2 is 2.10 bits per heavy atom. The van der Waals surface area contributed by atoms with Crippen molar-refractivity contribution in [2.24, 2.45) is 5.92 Å². The van der Waals surface area contributed by atoms with Crippen LogP contribution in [-0.2, 0) is 14.8 Å². The molecule has 21 heavy (non-hydrogen) atoms. The molecule has 0 saturated heterocycles. The van der Waals surface area contributed by atoms with Crippen LogP contribution in [0.4, 0.5) is 5.82 Å². The summed E-state index contributed by atoms with van der Waals surface area (Å²) in [6.07, 6.45) is 2.62. The van der Waals surface area contributed by atoms with Crippen molar-refractivity contribution < 1.29 is 18.3 Å². The SMILES string of the molecule is CCCC(CNc1ccc(S(=O)(=O)N(C)C)cn1)C(=O)O. The van der Waals surface area contributed by atoms with Crippen LogP contribution in [0.15, 0.2) is 23.2 Å². The van der Waals surface area contributed by atoms with Crippen LogP contribution in [0.5, 0.6) is 0 Å². The topological polar surface area (TPSA) is 99.6 Å². The third-order valence-electron chi connectivity index (χ3n) is 3.03. The van der Waals surface area contributed by atoms with Gasteiger partial charge in [-0.2, -0.15) is 0 Å². The molecule has 1 atom stereocenters. The molecule has 0 spiro atoms. The average molecular weight is 315 g/mol. The minimum Gasteiger partial charge on any atom is -0.481 e. The number of carbonyl (C=O) groups is 1. The highest BCUT2D eigenvalue weighted by atomic mass is 32.2. The molecule has 0 aromatic carbocycles. The first kappa shape index (κ1) is 17.4. The number of anilines is 1. The van der Waals surface area contributed by atoms with E-state index in [1.54, 1.807) is 0 Å². The van der Waals surface area contributed by atoms with E-state index >= 15 is 0 Å². The quantitative estimate of drug-likeness (QED) is 0.749. The predicted octanol–water partition coefficient (Wildman–Crippen LogP) is 1.24. The molecular weight excluding hydrogens is 294 g/mol. The number of aromatic nitrogens is 1. The minimum atomic E-state index is -3.50. The maximum absolute atomic E-state index is 11.9. The molecule has 1 aromatic heterocycles. The fraction of sp³-hybridized carbons (Fsp3) is 0.538. The average Bonchev–Trinajstić information content (AvgIpc) is 2.43. The molecule has 0 aliphatic carbocycles. The van der Waals surface area contributed by atoms with E-state index < -0.39 is 21.9 Å². The van der Waals surface area contributed by atoms with Gasteiger partial charge in [0.2, 0.25) is 10.0 Å². The molecule has 1 rings (SSSR count). The maximum atomic E-state index is 11.9. The number of aliphatic carboxylic acids is 1. The van der Waals surface area contributed by atoms with Crippen molar-refractivity contribution in [3.8, 4) is 0 Å². The molecule has 1 unspecified atom stereocenters. The summed E-state index contributed by atoms with van der Waals surface area (Å²) in [6.45, 7) is 2.19. The Labute approximate surface area is 125 Å². The fourth-order valence-electron chi connectivity index (χ4n) is 1.74. The molecule has 0 saturated carbocycles. The van der Waals surface area contributed by atoms with Crippen LogP contribution in [0.25, 0.3) is 0 Å². The van der Waals surface area contributed by atoms with E-state index in [-0.39, 0.29) is 11.4 Å². The van der Waals surface area contributed by atoms with E-state index in [9.17, 15) is 13.2 Å². The first-order chi connectivity index (χ1) is 9.78. The highest BCUT2D eigenvalue weighted by Crippen LogP contribution is 2.15. The molecule has 0 aliphatic rings. The van der Waals surface area contributed by atoms with Gasteiger partial charge in [0.1, 0.15) is 10.7 Å². The first-order valence-electron chi connectivity index (χ1n) is 6.64. The lowest BCUT2D eigenvalue weighted by Crippen LogP contribution is -2.24. The smallest absolute Gasteiger partial charge is 0.308 e. The standard InChI is InChI=1S/C13H21N3O4S/c1-4-5-10(13(17)18)8-14-12-7-6-11(9-15-12)21(19,20)16(2)3/h6-7,9-10H,4-5,8H2,1-3H3,(H,14,15)(H,17,18). The van der Waals surface area contributed by atoms with Crippen molar-refractivity contribution in [3.63, 3.8) is 0 Å². The number of sulfonamides is 1. The van der Waals surface area contributed by atoms with Crippen LogP contribution in [0.3, 0.4) is 0 Å². The van der Waals surface area contributed by atoms with Crippen LogP contribution >= 0.6 is 0 Å². The van der Waals surface area contributed by atoms with Gasteiger partial charge in [-0.15, -0.1) is 0 Å². The lowest BCUT2D eigenvalue weighted by molar-refractivity contribution is -0.141. The van der Waals surface area contributed by atoms with Gasteiger partial charge in [-0.1, -0.05) is 13.3 Å². The van der Waals surface area contributed by atoms with Crippen molar-refractivity contribution in [3.05, 3.63) is 18.3 Å². The van der Waals surface area contributed by atoms with Gasteiger partial charge in [0.15, 0.2) is 0 Å². The van der Waals surface area contributed by atoms with Crippen molar-refractivity contribution in [2.45, 2.75) is 24.7 Å². The predicted molar refractivity (Wildman–Crippen MR) is 79.6 cm³/mol. The second-order valence-corrected chi connectivity index (χ2v) is 7.02. The second kappa shape index (κ2) is 7.37. The van der Waals surface area contributed by atoms with Crippen molar-refractivity contribution in [1.29, 1.82) is 0 Å². The Hall–Kier alpha value is -1.67. The lowest BCUT2D eigenvalue weighted by Gasteiger charge is -2.14. The third-order valence-corrected chi connectivity index (χ3v) is 4.83. The Morgan fingerprint density at radius 1 is 1.43 bits per heavy atom. The number of nitrogens with one attached hydrogen (secondary N) is 1. The van der Waals surface area contributed by atoms with Gasteiger partial charge < -0.3 is 10.4 Å². The summed E-state index contributed by atoms with van der Waals surface area (Å²) < 4.78 is 24.9. The van der Waals surface area contributed by atoms with Crippen molar-refractivity contribution >= 4 is 21.8 Å². The molecule has 0 bridgehead atoms. The number of nitrogens with zero attached hydrogens (tertiary/aromatic N) is 2. The number of pyridine rings is 1. The van der Waals surface area contributed by atoms with Gasteiger partial charge in [-0.3, -0.25) is 4.79 Å². The molecule has 7 nitrogen and oxygen atoms in total. The maximum Gasteiger partial charge on any atom is 0.308 e. The van der Waals surface area contributed by atoms with E-state index in [1.807, 2.05) is 6.92 Å².